The first-order valence-corrected chi connectivity index (χ1v) is 10.7. The molecule has 0 radical (unpaired) electrons. The number of para-hydroxylation sites is 1. The smallest absolute Gasteiger partial charge is 0.222 e. The number of carbonyl (C=O) groups is 1. The molecule has 2 fully saturated rings. The third-order valence-electron chi connectivity index (χ3n) is 6.45. The van der Waals surface area contributed by atoms with E-state index in [0.29, 0.717) is 18.4 Å². The van der Waals surface area contributed by atoms with Crippen LogP contribution in [0.5, 0.6) is 0 Å². The van der Waals surface area contributed by atoms with Gasteiger partial charge in [0.25, 0.3) is 0 Å². The molecule has 1 amide bonds. The lowest BCUT2D eigenvalue weighted by Gasteiger charge is -2.36. The van der Waals surface area contributed by atoms with Gasteiger partial charge in [0.1, 0.15) is 0 Å². The fourth-order valence-electron chi connectivity index (χ4n) is 4.85. The summed E-state index contributed by atoms with van der Waals surface area (Å²) in [5.74, 6) is 0.551. The number of fused-ring (bicyclic) bond motifs is 1. The maximum atomic E-state index is 12.1. The molecule has 5 heteroatoms. The molecule has 3 heterocycles. The van der Waals surface area contributed by atoms with E-state index in [2.05, 4.69) is 35.0 Å². The number of carbonyl (C=O) groups excluding carboxylic acids is 1. The molecule has 1 N–H and O–H groups in total. The van der Waals surface area contributed by atoms with Crippen molar-refractivity contribution in [2.45, 2.75) is 51.2 Å². The minimum absolute atomic E-state index is 0.255. The first kappa shape index (κ1) is 19.3. The highest BCUT2D eigenvalue weighted by Gasteiger charge is 2.36. The fraction of sp³-hybridized carbons (Fsp3) is 0.565. The van der Waals surface area contributed by atoms with Crippen molar-refractivity contribution >= 4 is 16.8 Å². The lowest BCUT2D eigenvalue weighted by atomic mass is 9.94. The van der Waals surface area contributed by atoms with E-state index in [1.54, 1.807) is 0 Å². The molecular formula is C23H31N3O2. The number of aliphatic hydroxyl groups excluding tert-OH is 1. The molecule has 2 aliphatic rings. The average molecular weight is 382 g/mol. The van der Waals surface area contributed by atoms with Crippen molar-refractivity contribution in [3.63, 3.8) is 0 Å². The molecule has 28 heavy (non-hydrogen) atoms. The molecule has 0 unspecified atom stereocenters. The first-order valence-electron chi connectivity index (χ1n) is 10.7. The van der Waals surface area contributed by atoms with Crippen LogP contribution in [0.4, 0.5) is 0 Å². The Bertz CT molecular complexity index is 811. The zero-order valence-electron chi connectivity index (χ0n) is 16.8. The summed E-state index contributed by atoms with van der Waals surface area (Å²) in [6.07, 6.45) is 6.10. The molecule has 1 aromatic heterocycles. The number of nitrogens with zero attached hydrogens (tertiary/aromatic N) is 3. The second-order valence-electron chi connectivity index (χ2n) is 8.33. The van der Waals surface area contributed by atoms with Crippen molar-refractivity contribution in [1.82, 2.24) is 14.8 Å². The predicted molar refractivity (Wildman–Crippen MR) is 111 cm³/mol. The average Bonchev–Trinajstić information content (AvgIpc) is 3.09. The number of hydrogen-bond acceptors (Lipinski definition) is 4. The van der Waals surface area contributed by atoms with Gasteiger partial charge in [-0.25, -0.2) is 0 Å². The number of piperidine rings is 1. The Kier molecular flexibility index (Phi) is 5.93. The van der Waals surface area contributed by atoms with E-state index in [9.17, 15) is 9.90 Å². The SMILES string of the molecule is CCCC(=O)N1CCC(N2C[C@@H](Cc3ccnc4ccccc34)[C@H](O)C2)CC1. The van der Waals surface area contributed by atoms with Gasteiger partial charge in [-0.3, -0.25) is 14.7 Å². The summed E-state index contributed by atoms with van der Waals surface area (Å²) >= 11 is 0. The summed E-state index contributed by atoms with van der Waals surface area (Å²) in [5, 5.41) is 11.9. The van der Waals surface area contributed by atoms with E-state index in [0.717, 1.165) is 57.4 Å². The van der Waals surface area contributed by atoms with Crippen LogP contribution in [0.1, 0.15) is 38.2 Å². The number of benzene rings is 1. The van der Waals surface area contributed by atoms with Crippen molar-refractivity contribution in [2.75, 3.05) is 26.2 Å². The van der Waals surface area contributed by atoms with Crippen LogP contribution in [-0.4, -0.2) is 64.1 Å². The van der Waals surface area contributed by atoms with Crippen LogP contribution < -0.4 is 0 Å². The van der Waals surface area contributed by atoms with Crippen LogP contribution in [0.25, 0.3) is 10.9 Å². The molecule has 0 aliphatic carbocycles. The molecule has 2 atom stereocenters. The van der Waals surface area contributed by atoms with Crippen molar-refractivity contribution in [3.05, 3.63) is 42.1 Å². The third kappa shape index (κ3) is 4.06. The standard InChI is InChI=1S/C23H31N3O2/c1-2-5-23(28)25-12-9-19(10-13-25)26-15-18(22(27)16-26)14-17-8-11-24-21-7-4-3-6-20(17)21/h3-4,6-8,11,18-19,22,27H,2,5,9-10,12-16H2,1H3/t18-,22-/m1/s1. The van der Waals surface area contributed by atoms with Crippen molar-refractivity contribution in [3.8, 4) is 0 Å². The van der Waals surface area contributed by atoms with Gasteiger partial charge < -0.3 is 10.0 Å². The number of pyridine rings is 1. The van der Waals surface area contributed by atoms with Crippen molar-refractivity contribution < 1.29 is 9.90 Å². The number of aliphatic hydroxyl groups is 1. The Morgan fingerprint density at radius 3 is 2.75 bits per heavy atom. The molecule has 0 saturated carbocycles. The molecule has 0 spiro atoms. The topological polar surface area (TPSA) is 56.7 Å². The van der Waals surface area contributed by atoms with E-state index in [1.165, 1.54) is 10.9 Å². The lowest BCUT2D eigenvalue weighted by Crippen LogP contribution is -2.46. The van der Waals surface area contributed by atoms with Gasteiger partial charge in [0.2, 0.25) is 5.91 Å². The second kappa shape index (κ2) is 8.58. The predicted octanol–water partition coefficient (Wildman–Crippen LogP) is 2.86. The molecular weight excluding hydrogens is 350 g/mol. The largest absolute Gasteiger partial charge is 0.391 e. The van der Waals surface area contributed by atoms with Crippen LogP contribution >= 0.6 is 0 Å². The normalized spacial score (nSPS) is 24.1. The highest BCUT2D eigenvalue weighted by molar-refractivity contribution is 5.81. The number of rotatable bonds is 5. The molecule has 1 aromatic carbocycles. The van der Waals surface area contributed by atoms with Crippen LogP contribution in [0, 0.1) is 5.92 Å². The number of likely N-dealkylation sites (tertiary alicyclic amines) is 2. The second-order valence-corrected chi connectivity index (χ2v) is 8.33. The zero-order chi connectivity index (χ0) is 19.5. The monoisotopic (exact) mass is 381 g/mol. The maximum Gasteiger partial charge on any atom is 0.222 e. The Morgan fingerprint density at radius 2 is 1.96 bits per heavy atom. The van der Waals surface area contributed by atoms with Crippen LogP contribution in [0.3, 0.4) is 0 Å². The minimum Gasteiger partial charge on any atom is -0.391 e. The zero-order valence-corrected chi connectivity index (χ0v) is 16.8. The summed E-state index contributed by atoms with van der Waals surface area (Å²) in [6, 6.07) is 10.8. The van der Waals surface area contributed by atoms with Gasteiger partial charge in [-0.05, 0) is 43.4 Å². The quantitative estimate of drug-likeness (QED) is 0.865. The maximum absolute atomic E-state index is 12.1. The number of aromatic nitrogens is 1. The molecule has 5 nitrogen and oxygen atoms in total. The van der Waals surface area contributed by atoms with Gasteiger partial charge in [0.05, 0.1) is 11.6 Å². The van der Waals surface area contributed by atoms with Crippen molar-refractivity contribution in [1.29, 1.82) is 0 Å². The van der Waals surface area contributed by atoms with E-state index >= 15 is 0 Å². The number of hydrogen-bond donors (Lipinski definition) is 1. The Hall–Kier alpha value is -1.98. The van der Waals surface area contributed by atoms with Gasteiger partial charge in [0.15, 0.2) is 0 Å². The van der Waals surface area contributed by atoms with Crippen molar-refractivity contribution in [2.24, 2.45) is 5.92 Å². The molecule has 150 valence electrons. The summed E-state index contributed by atoms with van der Waals surface area (Å²) < 4.78 is 0. The van der Waals surface area contributed by atoms with Gasteiger partial charge in [-0.15, -0.1) is 0 Å². The fourth-order valence-corrected chi connectivity index (χ4v) is 4.85. The number of amides is 1. The molecule has 0 bridgehead atoms. The summed E-state index contributed by atoms with van der Waals surface area (Å²) in [5.41, 5.74) is 2.30. The van der Waals surface area contributed by atoms with Crippen LogP contribution in [0.15, 0.2) is 36.5 Å². The first-order chi connectivity index (χ1) is 13.7. The van der Waals surface area contributed by atoms with Gasteiger partial charge >= 0.3 is 0 Å². The van der Waals surface area contributed by atoms with E-state index in [1.807, 2.05) is 23.2 Å². The van der Waals surface area contributed by atoms with Crippen LogP contribution in [0.2, 0.25) is 0 Å². The number of β-amino-alcohol motifs (C(OH)–C–C–N with tert-alkyl or cyclic N) is 1. The Morgan fingerprint density at radius 1 is 1.18 bits per heavy atom. The summed E-state index contributed by atoms with van der Waals surface area (Å²) in [7, 11) is 0. The lowest BCUT2D eigenvalue weighted by molar-refractivity contribution is -0.132. The minimum atomic E-state index is -0.285. The summed E-state index contributed by atoms with van der Waals surface area (Å²) in [4.78, 5) is 21.0. The third-order valence-corrected chi connectivity index (χ3v) is 6.45. The van der Waals surface area contributed by atoms with E-state index in [4.69, 9.17) is 0 Å². The Balaban J connectivity index is 1.37. The van der Waals surface area contributed by atoms with Gasteiger partial charge in [-0.2, -0.15) is 0 Å². The van der Waals surface area contributed by atoms with E-state index < -0.39 is 0 Å². The van der Waals surface area contributed by atoms with E-state index in [-0.39, 0.29) is 12.0 Å². The Labute approximate surface area is 167 Å². The highest BCUT2D eigenvalue weighted by Crippen LogP contribution is 2.29. The highest BCUT2D eigenvalue weighted by atomic mass is 16.3. The van der Waals surface area contributed by atoms with Gasteiger partial charge in [0, 0.05) is 56.1 Å². The summed E-state index contributed by atoms with van der Waals surface area (Å²) in [6.45, 7) is 5.46. The van der Waals surface area contributed by atoms with Gasteiger partial charge in [-0.1, -0.05) is 25.1 Å². The molecule has 2 aliphatic heterocycles. The molecule has 2 aromatic rings. The molecule has 4 rings (SSSR count). The molecule has 2 saturated heterocycles. The van der Waals surface area contributed by atoms with Crippen LogP contribution in [-0.2, 0) is 11.2 Å².